The third-order valence-electron chi connectivity index (χ3n) is 4.57. The molecule has 10 heteroatoms. The van der Waals surface area contributed by atoms with Gasteiger partial charge < -0.3 is 9.47 Å². The Morgan fingerprint density at radius 3 is 2.32 bits per heavy atom. The maximum absolute atomic E-state index is 12.4. The van der Waals surface area contributed by atoms with Gasteiger partial charge in [0.15, 0.2) is 18.1 Å². The van der Waals surface area contributed by atoms with Gasteiger partial charge >= 0.3 is 0 Å². The van der Waals surface area contributed by atoms with Crippen molar-refractivity contribution in [3.05, 3.63) is 64.7 Å². The second kappa shape index (κ2) is 8.92. The Morgan fingerprint density at radius 1 is 1.00 bits per heavy atom. The first kappa shape index (κ1) is 20.5. The van der Waals surface area contributed by atoms with Crippen LogP contribution in [0.15, 0.2) is 48.5 Å². The van der Waals surface area contributed by atoms with E-state index in [-0.39, 0.29) is 25.0 Å². The summed E-state index contributed by atoms with van der Waals surface area (Å²) in [5, 5.41) is 11.5. The number of benzene rings is 2. The average Bonchev–Trinajstić information content (AvgIpc) is 3.33. The maximum atomic E-state index is 12.4. The number of fused-ring (bicyclic) bond motifs is 1. The molecular formula is C21H18N4O5S. The zero-order valence-electron chi connectivity index (χ0n) is 16.5. The third-order valence-corrected chi connectivity index (χ3v) is 5.47. The molecule has 0 bridgehead atoms. The predicted molar refractivity (Wildman–Crippen MR) is 113 cm³/mol. The van der Waals surface area contributed by atoms with Gasteiger partial charge in [-0.1, -0.05) is 35.6 Å². The number of imide groups is 1. The standard InChI is InChI=1S/C21H18N4O5S/c1-29-15-8-4-5-9-16(15)30-12-17(26)22-21-24-23-18(31-21)10-11-25-19(27)13-6-2-3-7-14(13)20(25)28/h2-9H,10-12H2,1H3,(H,22,24,26). The number of anilines is 1. The van der Waals surface area contributed by atoms with E-state index < -0.39 is 5.91 Å². The van der Waals surface area contributed by atoms with Crippen molar-refractivity contribution in [2.75, 3.05) is 25.6 Å². The van der Waals surface area contributed by atoms with Crippen LogP contribution in [0, 0.1) is 0 Å². The van der Waals surface area contributed by atoms with E-state index in [0.717, 1.165) is 0 Å². The van der Waals surface area contributed by atoms with Crippen LogP contribution >= 0.6 is 11.3 Å². The molecule has 1 aromatic heterocycles. The van der Waals surface area contributed by atoms with E-state index in [1.807, 2.05) is 0 Å². The normalized spacial score (nSPS) is 12.6. The van der Waals surface area contributed by atoms with Crippen LogP contribution in [0.2, 0.25) is 0 Å². The molecule has 2 aromatic carbocycles. The number of hydrogen-bond acceptors (Lipinski definition) is 8. The highest BCUT2D eigenvalue weighted by Gasteiger charge is 2.34. The Kier molecular flexibility index (Phi) is 5.89. The first-order valence-corrected chi connectivity index (χ1v) is 10.2. The van der Waals surface area contributed by atoms with Crippen LogP contribution in [0.3, 0.4) is 0 Å². The number of rotatable bonds is 8. The Hall–Kier alpha value is -3.79. The molecule has 31 heavy (non-hydrogen) atoms. The lowest BCUT2D eigenvalue weighted by Gasteiger charge is -2.12. The van der Waals surface area contributed by atoms with Gasteiger partial charge in [-0.3, -0.25) is 24.6 Å². The van der Waals surface area contributed by atoms with Gasteiger partial charge in [0.25, 0.3) is 17.7 Å². The summed E-state index contributed by atoms with van der Waals surface area (Å²) in [6.07, 6.45) is 0.344. The molecule has 0 unspecified atom stereocenters. The number of methoxy groups -OCH3 is 1. The van der Waals surface area contributed by atoms with Gasteiger partial charge in [-0.2, -0.15) is 0 Å². The van der Waals surface area contributed by atoms with Crippen LogP contribution in [0.25, 0.3) is 0 Å². The Labute approximate surface area is 181 Å². The minimum absolute atomic E-state index is 0.186. The average molecular weight is 438 g/mol. The molecule has 9 nitrogen and oxygen atoms in total. The van der Waals surface area contributed by atoms with Crippen molar-refractivity contribution in [3.63, 3.8) is 0 Å². The van der Waals surface area contributed by atoms with Gasteiger partial charge in [0, 0.05) is 13.0 Å². The van der Waals surface area contributed by atoms with E-state index in [2.05, 4.69) is 15.5 Å². The minimum Gasteiger partial charge on any atom is -0.493 e. The second-order valence-corrected chi connectivity index (χ2v) is 7.61. The molecule has 3 amide bonds. The van der Waals surface area contributed by atoms with Crippen LogP contribution in [0.1, 0.15) is 25.7 Å². The van der Waals surface area contributed by atoms with E-state index in [1.54, 1.807) is 48.5 Å². The number of amides is 3. The summed E-state index contributed by atoms with van der Waals surface area (Å²) in [6.45, 7) is -0.0316. The molecule has 1 aliphatic rings. The van der Waals surface area contributed by atoms with Crippen molar-refractivity contribution in [2.45, 2.75) is 6.42 Å². The molecule has 0 saturated carbocycles. The number of nitrogens with one attached hydrogen (secondary N) is 1. The molecule has 4 rings (SSSR count). The summed E-state index contributed by atoms with van der Waals surface area (Å²) >= 11 is 1.18. The van der Waals surface area contributed by atoms with Crippen molar-refractivity contribution >= 4 is 34.2 Å². The van der Waals surface area contributed by atoms with Crippen molar-refractivity contribution in [1.82, 2.24) is 15.1 Å². The van der Waals surface area contributed by atoms with Gasteiger partial charge in [-0.25, -0.2) is 0 Å². The Bertz CT molecular complexity index is 1110. The van der Waals surface area contributed by atoms with Crippen LogP contribution < -0.4 is 14.8 Å². The fraction of sp³-hybridized carbons (Fsp3) is 0.190. The molecule has 3 aromatic rings. The summed E-state index contributed by atoms with van der Waals surface area (Å²) in [7, 11) is 1.52. The smallest absolute Gasteiger partial charge is 0.264 e. The zero-order valence-corrected chi connectivity index (χ0v) is 17.3. The fourth-order valence-corrected chi connectivity index (χ4v) is 3.84. The number of para-hydroxylation sites is 2. The summed E-state index contributed by atoms with van der Waals surface area (Å²) in [6, 6.07) is 13.8. The van der Waals surface area contributed by atoms with E-state index in [9.17, 15) is 14.4 Å². The van der Waals surface area contributed by atoms with Crippen LogP contribution in [0.4, 0.5) is 5.13 Å². The van der Waals surface area contributed by atoms with Crippen molar-refractivity contribution in [3.8, 4) is 11.5 Å². The number of ether oxygens (including phenoxy) is 2. The van der Waals surface area contributed by atoms with Crippen molar-refractivity contribution in [1.29, 1.82) is 0 Å². The van der Waals surface area contributed by atoms with E-state index in [0.29, 0.717) is 39.2 Å². The summed E-state index contributed by atoms with van der Waals surface area (Å²) < 4.78 is 10.7. The van der Waals surface area contributed by atoms with Crippen LogP contribution in [-0.4, -0.2) is 53.1 Å². The lowest BCUT2D eigenvalue weighted by atomic mass is 10.1. The van der Waals surface area contributed by atoms with Gasteiger partial charge in [-0.15, -0.1) is 10.2 Å². The minimum atomic E-state index is -0.394. The first-order chi connectivity index (χ1) is 15.1. The molecule has 0 radical (unpaired) electrons. The van der Waals surface area contributed by atoms with Crippen molar-refractivity contribution < 1.29 is 23.9 Å². The van der Waals surface area contributed by atoms with Crippen LogP contribution in [-0.2, 0) is 11.2 Å². The molecule has 0 aliphatic carbocycles. The molecule has 0 fully saturated rings. The number of nitrogens with zero attached hydrogens (tertiary/aromatic N) is 3. The lowest BCUT2D eigenvalue weighted by Crippen LogP contribution is -2.31. The molecule has 0 atom stereocenters. The highest BCUT2D eigenvalue weighted by Crippen LogP contribution is 2.26. The SMILES string of the molecule is COc1ccccc1OCC(=O)Nc1nnc(CCN2C(=O)c3ccccc3C2=O)s1. The monoisotopic (exact) mass is 438 g/mol. The molecular weight excluding hydrogens is 420 g/mol. The van der Waals surface area contributed by atoms with Crippen molar-refractivity contribution in [2.24, 2.45) is 0 Å². The second-order valence-electron chi connectivity index (χ2n) is 6.55. The van der Waals surface area contributed by atoms with E-state index in [1.165, 1.54) is 23.3 Å². The molecule has 1 N–H and O–H groups in total. The molecule has 158 valence electrons. The van der Waals surface area contributed by atoms with Gasteiger partial charge in [-0.05, 0) is 24.3 Å². The number of carbonyl (C=O) groups is 3. The molecule has 1 aliphatic heterocycles. The number of carbonyl (C=O) groups excluding carboxylic acids is 3. The Balaban J connectivity index is 1.29. The highest BCUT2D eigenvalue weighted by atomic mass is 32.1. The molecule has 0 spiro atoms. The van der Waals surface area contributed by atoms with E-state index in [4.69, 9.17) is 9.47 Å². The maximum Gasteiger partial charge on any atom is 0.264 e. The lowest BCUT2D eigenvalue weighted by molar-refractivity contribution is -0.118. The van der Waals surface area contributed by atoms with Gasteiger partial charge in [0.05, 0.1) is 18.2 Å². The quantitative estimate of drug-likeness (QED) is 0.538. The highest BCUT2D eigenvalue weighted by molar-refractivity contribution is 7.15. The molecule has 2 heterocycles. The first-order valence-electron chi connectivity index (χ1n) is 9.40. The number of aromatic nitrogens is 2. The number of hydrogen-bond donors (Lipinski definition) is 1. The largest absolute Gasteiger partial charge is 0.493 e. The van der Waals surface area contributed by atoms with Gasteiger partial charge in [0.1, 0.15) is 5.01 Å². The predicted octanol–water partition coefficient (Wildman–Crippen LogP) is 2.40. The summed E-state index contributed by atoms with van der Waals surface area (Å²) in [4.78, 5) is 38.2. The van der Waals surface area contributed by atoms with Gasteiger partial charge in [0.2, 0.25) is 5.13 Å². The summed E-state index contributed by atoms with van der Waals surface area (Å²) in [5.74, 6) is -0.0334. The van der Waals surface area contributed by atoms with Crippen LogP contribution in [0.5, 0.6) is 11.5 Å². The summed E-state index contributed by atoms with van der Waals surface area (Å²) in [5.41, 5.74) is 0.820. The zero-order chi connectivity index (χ0) is 21.8. The third kappa shape index (κ3) is 4.38. The van der Waals surface area contributed by atoms with E-state index >= 15 is 0 Å². The fourth-order valence-electron chi connectivity index (χ4n) is 3.09. The topological polar surface area (TPSA) is 111 Å². The Morgan fingerprint density at radius 2 is 1.65 bits per heavy atom. The molecule has 0 saturated heterocycles.